The van der Waals surface area contributed by atoms with Gasteiger partial charge in [-0.15, -0.1) is 0 Å². The maximum Gasteiger partial charge on any atom is 0.233 e. The second-order valence-corrected chi connectivity index (χ2v) is 7.54. The molecule has 0 aliphatic carbocycles. The van der Waals surface area contributed by atoms with E-state index < -0.39 is 0 Å². The molecular weight excluding hydrogens is 400 g/mol. The van der Waals surface area contributed by atoms with Crippen molar-refractivity contribution in [2.24, 2.45) is 0 Å². The first-order valence-corrected chi connectivity index (χ1v) is 10.1. The molecule has 160 valence electrons. The topological polar surface area (TPSA) is 122 Å². The highest BCUT2D eigenvalue weighted by Gasteiger charge is 2.11. The minimum atomic E-state index is 0.141. The van der Waals surface area contributed by atoms with Crippen molar-refractivity contribution in [1.29, 1.82) is 10.5 Å². The molecule has 3 rings (SSSR count). The van der Waals surface area contributed by atoms with Crippen molar-refractivity contribution >= 4 is 35.3 Å². The summed E-state index contributed by atoms with van der Waals surface area (Å²) in [5.41, 5.74) is 5.19. The molecule has 0 aliphatic rings. The molecule has 0 saturated heterocycles. The van der Waals surface area contributed by atoms with Gasteiger partial charge in [0.05, 0.1) is 17.7 Å². The first-order valence-electron chi connectivity index (χ1n) is 10.1. The summed E-state index contributed by atoms with van der Waals surface area (Å²) in [6, 6.07) is 15.3. The van der Waals surface area contributed by atoms with Crippen LogP contribution in [0.1, 0.15) is 36.1 Å². The fourth-order valence-corrected chi connectivity index (χ4v) is 3.10. The molecule has 0 unspecified atom stereocenters. The number of aryl methyl sites for hydroxylation is 2. The van der Waals surface area contributed by atoms with Gasteiger partial charge in [0, 0.05) is 23.5 Å². The van der Waals surface area contributed by atoms with Gasteiger partial charge in [-0.3, -0.25) is 0 Å². The van der Waals surface area contributed by atoms with Crippen LogP contribution in [0.5, 0.6) is 0 Å². The molecule has 3 aromatic rings. The molecule has 0 fully saturated rings. The second-order valence-electron chi connectivity index (χ2n) is 7.54. The van der Waals surface area contributed by atoms with Gasteiger partial charge in [-0.2, -0.15) is 25.5 Å². The van der Waals surface area contributed by atoms with E-state index in [4.69, 9.17) is 10.5 Å². The van der Waals surface area contributed by atoms with E-state index in [-0.39, 0.29) is 6.04 Å². The molecule has 3 N–H and O–H groups in total. The predicted octanol–water partition coefficient (Wildman–Crippen LogP) is 5.20. The lowest BCUT2D eigenvalue weighted by molar-refractivity contribution is 0.869. The van der Waals surface area contributed by atoms with Crippen LogP contribution in [0.15, 0.2) is 42.5 Å². The number of allylic oxidation sites excluding steroid dienone is 1. The van der Waals surface area contributed by atoms with Crippen molar-refractivity contribution in [1.82, 2.24) is 15.0 Å². The van der Waals surface area contributed by atoms with E-state index >= 15 is 0 Å². The number of anilines is 5. The fourth-order valence-electron chi connectivity index (χ4n) is 3.10. The highest BCUT2D eigenvalue weighted by atomic mass is 15.3. The third-order valence-electron chi connectivity index (χ3n) is 4.47. The Hall–Kier alpha value is -4.43. The van der Waals surface area contributed by atoms with E-state index in [0.29, 0.717) is 23.4 Å². The molecule has 1 aromatic heterocycles. The van der Waals surface area contributed by atoms with Crippen LogP contribution in [-0.2, 0) is 0 Å². The zero-order valence-corrected chi connectivity index (χ0v) is 18.4. The van der Waals surface area contributed by atoms with Crippen molar-refractivity contribution in [3.05, 3.63) is 64.7 Å². The first-order chi connectivity index (χ1) is 15.4. The second kappa shape index (κ2) is 10.1. The van der Waals surface area contributed by atoms with Gasteiger partial charge in [0.2, 0.25) is 17.8 Å². The SMILES string of the molecule is Cc1cc(/C=C/C#N)cc(C)c1Nc1nc(Nc2ccc(C#N)cc2)nc(NC(C)C)n1. The van der Waals surface area contributed by atoms with Gasteiger partial charge in [0.1, 0.15) is 0 Å². The van der Waals surface area contributed by atoms with Crippen molar-refractivity contribution < 1.29 is 0 Å². The van der Waals surface area contributed by atoms with Crippen LogP contribution in [0.4, 0.5) is 29.2 Å². The zero-order chi connectivity index (χ0) is 23.1. The van der Waals surface area contributed by atoms with E-state index in [1.165, 1.54) is 6.08 Å². The van der Waals surface area contributed by atoms with Crippen LogP contribution >= 0.6 is 0 Å². The first kappa shape index (κ1) is 22.3. The Bertz CT molecular complexity index is 1190. The number of nitriles is 2. The van der Waals surface area contributed by atoms with E-state index in [2.05, 4.69) is 37.0 Å². The Labute approximate surface area is 187 Å². The number of benzene rings is 2. The minimum absolute atomic E-state index is 0.141. The van der Waals surface area contributed by atoms with Gasteiger partial charge in [-0.25, -0.2) is 0 Å². The number of hydrogen-bond donors (Lipinski definition) is 3. The third kappa shape index (κ3) is 5.80. The summed E-state index contributed by atoms with van der Waals surface area (Å²) in [6.45, 7) is 7.99. The molecule has 2 aromatic carbocycles. The molecule has 0 bridgehead atoms. The summed E-state index contributed by atoms with van der Waals surface area (Å²) in [4.78, 5) is 13.5. The highest BCUT2D eigenvalue weighted by molar-refractivity contribution is 5.68. The lowest BCUT2D eigenvalue weighted by Crippen LogP contribution is -2.15. The predicted molar refractivity (Wildman–Crippen MR) is 127 cm³/mol. The van der Waals surface area contributed by atoms with Gasteiger partial charge in [-0.1, -0.05) is 0 Å². The molecule has 0 amide bonds. The number of nitrogens with one attached hydrogen (secondary N) is 3. The summed E-state index contributed by atoms with van der Waals surface area (Å²) in [5.74, 6) is 1.21. The smallest absolute Gasteiger partial charge is 0.233 e. The largest absolute Gasteiger partial charge is 0.352 e. The van der Waals surface area contributed by atoms with E-state index in [1.54, 1.807) is 30.3 Å². The van der Waals surface area contributed by atoms with E-state index in [0.717, 1.165) is 28.1 Å². The molecule has 0 spiro atoms. The molecule has 1 heterocycles. The van der Waals surface area contributed by atoms with E-state index in [9.17, 15) is 0 Å². The molecular formula is C24H24N8. The highest BCUT2D eigenvalue weighted by Crippen LogP contribution is 2.26. The van der Waals surface area contributed by atoms with E-state index in [1.807, 2.05) is 45.9 Å². The Balaban J connectivity index is 1.93. The van der Waals surface area contributed by atoms with Crippen molar-refractivity contribution in [2.45, 2.75) is 33.7 Å². The van der Waals surface area contributed by atoms with Gasteiger partial charge in [-0.05, 0) is 86.9 Å². The van der Waals surface area contributed by atoms with Crippen LogP contribution in [0.3, 0.4) is 0 Å². The molecule has 0 radical (unpaired) electrons. The molecule has 0 saturated carbocycles. The zero-order valence-electron chi connectivity index (χ0n) is 18.4. The fraction of sp³-hybridized carbons (Fsp3) is 0.208. The number of rotatable bonds is 7. The molecule has 0 aliphatic heterocycles. The summed E-state index contributed by atoms with van der Waals surface area (Å²) >= 11 is 0. The van der Waals surface area contributed by atoms with Gasteiger partial charge < -0.3 is 16.0 Å². The number of hydrogen-bond acceptors (Lipinski definition) is 8. The van der Waals surface area contributed by atoms with Gasteiger partial charge in [0.15, 0.2) is 0 Å². The van der Waals surface area contributed by atoms with Crippen LogP contribution < -0.4 is 16.0 Å². The Morgan fingerprint density at radius 1 is 0.875 bits per heavy atom. The van der Waals surface area contributed by atoms with Crippen LogP contribution in [0.25, 0.3) is 6.08 Å². The number of nitrogens with zero attached hydrogens (tertiary/aromatic N) is 5. The lowest BCUT2D eigenvalue weighted by Gasteiger charge is -2.15. The normalized spacial score (nSPS) is 10.6. The van der Waals surface area contributed by atoms with Crippen LogP contribution in [0, 0.1) is 36.5 Å². The maximum absolute atomic E-state index is 8.98. The Morgan fingerprint density at radius 3 is 2.03 bits per heavy atom. The summed E-state index contributed by atoms with van der Waals surface area (Å²) in [5, 5.41) is 27.4. The summed E-state index contributed by atoms with van der Waals surface area (Å²) in [7, 11) is 0. The van der Waals surface area contributed by atoms with Crippen LogP contribution in [0.2, 0.25) is 0 Å². The molecule has 8 heteroatoms. The lowest BCUT2D eigenvalue weighted by atomic mass is 10.0. The quantitative estimate of drug-likeness (QED) is 0.442. The van der Waals surface area contributed by atoms with Gasteiger partial charge >= 0.3 is 0 Å². The summed E-state index contributed by atoms with van der Waals surface area (Å²) in [6.07, 6.45) is 3.23. The van der Waals surface area contributed by atoms with Crippen LogP contribution in [-0.4, -0.2) is 21.0 Å². The molecule has 8 nitrogen and oxygen atoms in total. The van der Waals surface area contributed by atoms with Gasteiger partial charge in [0.25, 0.3) is 0 Å². The van der Waals surface area contributed by atoms with Crippen molar-refractivity contribution in [3.8, 4) is 12.1 Å². The third-order valence-corrected chi connectivity index (χ3v) is 4.47. The molecule has 32 heavy (non-hydrogen) atoms. The average molecular weight is 425 g/mol. The standard InChI is InChI=1S/C24H24N8/c1-15(2)27-22-30-23(28-20-9-7-18(14-26)8-10-20)32-24(31-22)29-21-16(3)12-19(6-5-11-25)13-17(21)4/h5-10,12-13,15H,1-4H3,(H3,27,28,29,30,31,32)/b6-5+. The number of aromatic nitrogens is 3. The minimum Gasteiger partial charge on any atom is -0.352 e. The van der Waals surface area contributed by atoms with Crippen molar-refractivity contribution in [2.75, 3.05) is 16.0 Å². The average Bonchev–Trinajstić information content (AvgIpc) is 2.75. The monoisotopic (exact) mass is 424 g/mol. The Kier molecular flexibility index (Phi) is 6.99. The maximum atomic E-state index is 8.98. The summed E-state index contributed by atoms with van der Waals surface area (Å²) < 4.78 is 0. The Morgan fingerprint density at radius 2 is 1.47 bits per heavy atom. The molecule has 0 atom stereocenters. The van der Waals surface area contributed by atoms with Crippen molar-refractivity contribution in [3.63, 3.8) is 0 Å².